The highest BCUT2D eigenvalue weighted by Crippen LogP contribution is 2.26. The van der Waals surface area contributed by atoms with Crippen LogP contribution in [0.1, 0.15) is 12.0 Å². The molecule has 2 amide bonds. The Bertz CT molecular complexity index is 704. The third-order valence-corrected chi connectivity index (χ3v) is 4.35. The SMILES string of the molecule is O=C(NCc1cccnc1)[C@H]1CC(=O)N(c2ccc(Br)cc2)C1. The minimum Gasteiger partial charge on any atom is -0.352 e. The molecule has 1 aliphatic rings. The van der Waals surface area contributed by atoms with Gasteiger partial charge < -0.3 is 10.2 Å². The van der Waals surface area contributed by atoms with Gasteiger partial charge in [0.25, 0.3) is 0 Å². The van der Waals surface area contributed by atoms with Crippen molar-refractivity contribution in [1.82, 2.24) is 10.3 Å². The van der Waals surface area contributed by atoms with Gasteiger partial charge in [-0.15, -0.1) is 0 Å². The van der Waals surface area contributed by atoms with E-state index in [-0.39, 0.29) is 24.2 Å². The Morgan fingerprint density at radius 2 is 2.09 bits per heavy atom. The summed E-state index contributed by atoms with van der Waals surface area (Å²) >= 11 is 3.37. The molecule has 0 saturated carbocycles. The van der Waals surface area contributed by atoms with Crippen LogP contribution in [0.4, 0.5) is 5.69 Å². The van der Waals surface area contributed by atoms with Crippen molar-refractivity contribution in [3.63, 3.8) is 0 Å². The lowest BCUT2D eigenvalue weighted by molar-refractivity contribution is -0.126. The summed E-state index contributed by atoms with van der Waals surface area (Å²) in [5.74, 6) is -0.432. The summed E-state index contributed by atoms with van der Waals surface area (Å²) in [6.07, 6.45) is 3.65. The Morgan fingerprint density at radius 1 is 1.30 bits per heavy atom. The minimum absolute atomic E-state index is 0.0196. The molecule has 6 heteroatoms. The number of carbonyl (C=O) groups is 2. The molecule has 23 heavy (non-hydrogen) atoms. The number of amides is 2. The summed E-state index contributed by atoms with van der Waals surface area (Å²) in [6.45, 7) is 0.842. The molecule has 2 aromatic rings. The molecule has 0 spiro atoms. The summed E-state index contributed by atoms with van der Waals surface area (Å²) in [6, 6.07) is 11.3. The van der Waals surface area contributed by atoms with E-state index in [4.69, 9.17) is 0 Å². The zero-order valence-corrected chi connectivity index (χ0v) is 14.0. The number of halogens is 1. The number of anilines is 1. The largest absolute Gasteiger partial charge is 0.352 e. The van der Waals surface area contributed by atoms with Gasteiger partial charge in [-0.05, 0) is 35.9 Å². The van der Waals surface area contributed by atoms with Crippen LogP contribution in [-0.2, 0) is 16.1 Å². The Hall–Kier alpha value is -2.21. The fraction of sp³-hybridized carbons (Fsp3) is 0.235. The highest BCUT2D eigenvalue weighted by atomic mass is 79.9. The van der Waals surface area contributed by atoms with E-state index < -0.39 is 0 Å². The Morgan fingerprint density at radius 3 is 2.78 bits per heavy atom. The number of carbonyl (C=O) groups excluding carboxylic acids is 2. The molecule has 118 valence electrons. The molecule has 2 heterocycles. The van der Waals surface area contributed by atoms with Crippen LogP contribution in [-0.4, -0.2) is 23.3 Å². The number of nitrogens with one attached hydrogen (secondary N) is 1. The topological polar surface area (TPSA) is 62.3 Å². The van der Waals surface area contributed by atoms with Gasteiger partial charge in [0.2, 0.25) is 11.8 Å². The van der Waals surface area contributed by atoms with Gasteiger partial charge in [0.15, 0.2) is 0 Å². The maximum absolute atomic E-state index is 12.3. The first-order valence-corrected chi connectivity index (χ1v) is 8.15. The number of hydrogen-bond acceptors (Lipinski definition) is 3. The fourth-order valence-corrected chi connectivity index (χ4v) is 2.85. The molecule has 1 atom stereocenters. The average molecular weight is 374 g/mol. The van der Waals surface area contributed by atoms with Crippen LogP contribution < -0.4 is 10.2 Å². The first-order valence-electron chi connectivity index (χ1n) is 7.36. The number of benzene rings is 1. The van der Waals surface area contributed by atoms with Crippen LogP contribution in [0, 0.1) is 5.92 Å². The maximum Gasteiger partial charge on any atom is 0.227 e. The van der Waals surface area contributed by atoms with Crippen molar-refractivity contribution in [3.8, 4) is 0 Å². The highest BCUT2D eigenvalue weighted by Gasteiger charge is 2.34. The molecule has 1 aliphatic heterocycles. The van der Waals surface area contributed by atoms with E-state index in [9.17, 15) is 9.59 Å². The average Bonchev–Trinajstić information content (AvgIpc) is 2.96. The van der Waals surface area contributed by atoms with Crippen LogP contribution >= 0.6 is 15.9 Å². The first-order chi connectivity index (χ1) is 11.1. The van der Waals surface area contributed by atoms with Gasteiger partial charge in [0.05, 0.1) is 5.92 Å². The van der Waals surface area contributed by atoms with Crippen molar-refractivity contribution in [2.75, 3.05) is 11.4 Å². The predicted molar refractivity (Wildman–Crippen MR) is 90.7 cm³/mol. The van der Waals surface area contributed by atoms with E-state index in [2.05, 4.69) is 26.2 Å². The maximum atomic E-state index is 12.3. The zero-order valence-electron chi connectivity index (χ0n) is 12.4. The smallest absolute Gasteiger partial charge is 0.227 e. The van der Waals surface area contributed by atoms with Gasteiger partial charge in [0, 0.05) is 42.1 Å². The molecule has 1 aromatic carbocycles. The molecule has 1 aromatic heterocycles. The number of aromatic nitrogens is 1. The van der Waals surface area contributed by atoms with Gasteiger partial charge in [-0.1, -0.05) is 22.0 Å². The van der Waals surface area contributed by atoms with E-state index in [1.807, 2.05) is 36.4 Å². The lowest BCUT2D eigenvalue weighted by Gasteiger charge is -2.16. The second kappa shape index (κ2) is 6.91. The van der Waals surface area contributed by atoms with Crippen molar-refractivity contribution >= 4 is 33.4 Å². The molecule has 5 nitrogen and oxygen atoms in total. The van der Waals surface area contributed by atoms with Crippen LogP contribution in [0.5, 0.6) is 0 Å². The second-order valence-electron chi connectivity index (χ2n) is 5.46. The van der Waals surface area contributed by atoms with Crippen LogP contribution in [0.3, 0.4) is 0 Å². The van der Waals surface area contributed by atoms with E-state index in [0.29, 0.717) is 13.1 Å². The van der Waals surface area contributed by atoms with Gasteiger partial charge in [-0.25, -0.2) is 0 Å². The van der Waals surface area contributed by atoms with Gasteiger partial charge in [-0.3, -0.25) is 14.6 Å². The Kier molecular flexibility index (Phi) is 4.71. The normalized spacial score (nSPS) is 17.3. The molecule has 0 aliphatic carbocycles. The summed E-state index contributed by atoms with van der Waals surface area (Å²) < 4.78 is 0.957. The van der Waals surface area contributed by atoms with E-state index in [0.717, 1.165) is 15.7 Å². The summed E-state index contributed by atoms with van der Waals surface area (Å²) in [4.78, 5) is 30.1. The predicted octanol–water partition coefficient (Wildman–Crippen LogP) is 2.51. The molecule has 3 rings (SSSR count). The fourth-order valence-electron chi connectivity index (χ4n) is 2.59. The molecule has 1 fully saturated rings. The number of pyridine rings is 1. The van der Waals surface area contributed by atoms with Crippen molar-refractivity contribution in [1.29, 1.82) is 0 Å². The van der Waals surface area contributed by atoms with Crippen molar-refractivity contribution in [3.05, 3.63) is 58.8 Å². The van der Waals surface area contributed by atoms with Gasteiger partial charge in [0.1, 0.15) is 0 Å². The molecule has 0 unspecified atom stereocenters. The monoisotopic (exact) mass is 373 g/mol. The molecule has 0 bridgehead atoms. The van der Waals surface area contributed by atoms with E-state index >= 15 is 0 Å². The third-order valence-electron chi connectivity index (χ3n) is 3.82. The van der Waals surface area contributed by atoms with Crippen LogP contribution in [0.15, 0.2) is 53.3 Å². The second-order valence-corrected chi connectivity index (χ2v) is 6.38. The Balaban J connectivity index is 1.60. The highest BCUT2D eigenvalue weighted by molar-refractivity contribution is 9.10. The third kappa shape index (κ3) is 3.76. The lowest BCUT2D eigenvalue weighted by Crippen LogP contribution is -2.32. The molecule has 1 N–H and O–H groups in total. The van der Waals surface area contributed by atoms with Crippen molar-refractivity contribution < 1.29 is 9.59 Å². The van der Waals surface area contributed by atoms with Crippen molar-refractivity contribution in [2.45, 2.75) is 13.0 Å². The first kappa shape index (κ1) is 15.7. The van der Waals surface area contributed by atoms with Gasteiger partial charge in [-0.2, -0.15) is 0 Å². The van der Waals surface area contributed by atoms with E-state index in [1.165, 1.54) is 0 Å². The Labute approximate surface area is 142 Å². The van der Waals surface area contributed by atoms with Crippen LogP contribution in [0.2, 0.25) is 0 Å². The lowest BCUT2D eigenvalue weighted by atomic mass is 10.1. The summed E-state index contributed by atoms with van der Waals surface area (Å²) in [5, 5.41) is 2.88. The molecule has 1 saturated heterocycles. The quantitative estimate of drug-likeness (QED) is 0.895. The minimum atomic E-state index is -0.317. The molecular formula is C17H16BrN3O2. The van der Waals surface area contributed by atoms with Crippen molar-refractivity contribution in [2.24, 2.45) is 5.92 Å². The van der Waals surface area contributed by atoms with Gasteiger partial charge >= 0.3 is 0 Å². The molecule has 0 radical (unpaired) electrons. The van der Waals surface area contributed by atoms with E-state index in [1.54, 1.807) is 17.3 Å². The number of nitrogens with zero attached hydrogens (tertiary/aromatic N) is 2. The number of rotatable bonds is 4. The summed E-state index contributed by atoms with van der Waals surface area (Å²) in [7, 11) is 0. The zero-order chi connectivity index (χ0) is 16.2. The number of hydrogen-bond donors (Lipinski definition) is 1. The van der Waals surface area contributed by atoms with Crippen LogP contribution in [0.25, 0.3) is 0 Å². The molecular weight excluding hydrogens is 358 g/mol. The standard InChI is InChI=1S/C17H16BrN3O2/c18-14-3-5-15(6-4-14)21-11-13(8-16(21)22)17(23)20-10-12-2-1-7-19-9-12/h1-7,9,13H,8,10-11H2,(H,20,23)/t13-/m0/s1. The summed E-state index contributed by atoms with van der Waals surface area (Å²) in [5.41, 5.74) is 1.76.